The largest absolute Gasteiger partial charge is 0.309 e. The van der Waals surface area contributed by atoms with Crippen LogP contribution in [0.25, 0.3) is 0 Å². The third kappa shape index (κ3) is 3.23. The summed E-state index contributed by atoms with van der Waals surface area (Å²) in [6.07, 6.45) is 6.28. The van der Waals surface area contributed by atoms with Gasteiger partial charge in [-0.1, -0.05) is 13.8 Å². The fraction of sp³-hybridized carbons (Fsp3) is 0.857. The first-order chi connectivity index (χ1) is 7.37. The van der Waals surface area contributed by atoms with Gasteiger partial charge in [0.1, 0.15) is 0 Å². The molecule has 0 aliphatic carbocycles. The molecule has 1 saturated heterocycles. The van der Waals surface area contributed by atoms with Gasteiger partial charge >= 0.3 is 0 Å². The predicted molar refractivity (Wildman–Crippen MR) is 70.3 cm³/mol. The highest BCUT2D eigenvalue weighted by atomic mass is 15.3. The van der Waals surface area contributed by atoms with Gasteiger partial charge in [-0.15, -0.1) is 12.3 Å². The molecule has 0 aromatic rings. The number of nitrogens with one attached hydrogen (secondary N) is 1. The van der Waals surface area contributed by atoms with Gasteiger partial charge in [0.25, 0.3) is 0 Å². The molecule has 2 heteroatoms. The third-order valence-electron chi connectivity index (χ3n) is 3.54. The Balaban J connectivity index is 2.76. The predicted octanol–water partition coefficient (Wildman–Crippen LogP) is 2.11. The van der Waals surface area contributed by atoms with E-state index in [1.807, 2.05) is 0 Å². The first-order valence-corrected chi connectivity index (χ1v) is 6.31. The maximum absolute atomic E-state index is 5.43. The van der Waals surface area contributed by atoms with Crippen LogP contribution in [0.4, 0.5) is 0 Å². The summed E-state index contributed by atoms with van der Waals surface area (Å²) in [7, 11) is 0. The molecule has 2 unspecified atom stereocenters. The molecular formula is C14H26N2. The summed E-state index contributed by atoms with van der Waals surface area (Å²) < 4.78 is 0. The van der Waals surface area contributed by atoms with Crippen molar-refractivity contribution in [2.24, 2.45) is 5.92 Å². The molecule has 1 fully saturated rings. The summed E-state index contributed by atoms with van der Waals surface area (Å²) in [5, 5.41) is 3.62. The molecule has 0 saturated carbocycles. The first-order valence-electron chi connectivity index (χ1n) is 6.31. The van der Waals surface area contributed by atoms with E-state index in [2.05, 4.69) is 50.8 Å². The average Bonchev–Trinajstić information content (AvgIpc) is 2.16. The van der Waals surface area contributed by atoms with Gasteiger partial charge in [0.15, 0.2) is 0 Å². The monoisotopic (exact) mass is 222 g/mol. The van der Waals surface area contributed by atoms with E-state index in [-0.39, 0.29) is 5.54 Å². The molecule has 2 nitrogen and oxygen atoms in total. The molecule has 0 spiro atoms. The first kappa shape index (κ1) is 13.5. The van der Waals surface area contributed by atoms with E-state index < -0.39 is 0 Å². The van der Waals surface area contributed by atoms with Crippen LogP contribution in [-0.4, -0.2) is 35.6 Å². The Morgan fingerprint density at radius 1 is 1.44 bits per heavy atom. The molecule has 0 radical (unpaired) electrons. The molecule has 16 heavy (non-hydrogen) atoms. The zero-order chi connectivity index (χ0) is 12.3. The van der Waals surface area contributed by atoms with Gasteiger partial charge in [-0.2, -0.15) is 0 Å². The van der Waals surface area contributed by atoms with E-state index in [4.69, 9.17) is 6.42 Å². The molecule has 0 bridgehead atoms. The van der Waals surface area contributed by atoms with Crippen LogP contribution < -0.4 is 5.32 Å². The fourth-order valence-corrected chi connectivity index (χ4v) is 2.52. The van der Waals surface area contributed by atoms with Crippen LogP contribution in [0.3, 0.4) is 0 Å². The number of nitrogens with zero attached hydrogens (tertiary/aromatic N) is 1. The van der Waals surface area contributed by atoms with Gasteiger partial charge in [0.2, 0.25) is 0 Å². The summed E-state index contributed by atoms with van der Waals surface area (Å²) in [6.45, 7) is 13.5. The molecule has 1 aliphatic heterocycles. The van der Waals surface area contributed by atoms with Crippen LogP contribution in [-0.2, 0) is 0 Å². The second kappa shape index (κ2) is 5.21. The van der Waals surface area contributed by atoms with Crippen molar-refractivity contribution < 1.29 is 0 Å². The third-order valence-corrected chi connectivity index (χ3v) is 3.54. The Labute approximate surface area is 101 Å². The Morgan fingerprint density at radius 3 is 2.56 bits per heavy atom. The summed E-state index contributed by atoms with van der Waals surface area (Å²) in [4.78, 5) is 2.58. The lowest BCUT2D eigenvalue weighted by Crippen LogP contribution is -2.64. The SMILES string of the molecule is C#CCC(C)N1CC(C)(C)NCC1C(C)C. The van der Waals surface area contributed by atoms with E-state index in [0.717, 1.165) is 19.5 Å². The fourth-order valence-electron chi connectivity index (χ4n) is 2.52. The number of terminal acetylenes is 1. The molecule has 0 aromatic carbocycles. The van der Waals surface area contributed by atoms with Crippen molar-refractivity contribution in [1.29, 1.82) is 0 Å². The molecule has 2 atom stereocenters. The van der Waals surface area contributed by atoms with Crippen LogP contribution in [0, 0.1) is 18.3 Å². The van der Waals surface area contributed by atoms with Gasteiger partial charge < -0.3 is 5.32 Å². The van der Waals surface area contributed by atoms with E-state index >= 15 is 0 Å². The normalized spacial score (nSPS) is 27.7. The summed E-state index contributed by atoms with van der Waals surface area (Å²) >= 11 is 0. The highest BCUT2D eigenvalue weighted by Crippen LogP contribution is 2.23. The number of hydrogen-bond donors (Lipinski definition) is 1. The summed E-state index contributed by atoms with van der Waals surface area (Å²) in [6, 6.07) is 1.09. The molecular weight excluding hydrogens is 196 g/mol. The van der Waals surface area contributed by atoms with Crippen molar-refractivity contribution in [3.8, 4) is 12.3 Å². The Morgan fingerprint density at radius 2 is 2.06 bits per heavy atom. The maximum atomic E-state index is 5.43. The van der Waals surface area contributed by atoms with Crippen LogP contribution in [0.5, 0.6) is 0 Å². The minimum absolute atomic E-state index is 0.203. The lowest BCUT2D eigenvalue weighted by Gasteiger charge is -2.48. The lowest BCUT2D eigenvalue weighted by atomic mass is 9.91. The quantitative estimate of drug-likeness (QED) is 0.736. The van der Waals surface area contributed by atoms with Crippen molar-refractivity contribution in [3.05, 3.63) is 0 Å². The molecule has 1 heterocycles. The highest BCUT2D eigenvalue weighted by Gasteiger charge is 2.35. The summed E-state index contributed by atoms with van der Waals surface area (Å²) in [5.74, 6) is 3.46. The van der Waals surface area contributed by atoms with Crippen molar-refractivity contribution in [2.45, 2.75) is 58.7 Å². The van der Waals surface area contributed by atoms with Gasteiger partial charge in [-0.25, -0.2) is 0 Å². The van der Waals surface area contributed by atoms with Gasteiger partial charge in [-0.05, 0) is 26.7 Å². The number of piperazine rings is 1. The van der Waals surface area contributed by atoms with Crippen LogP contribution in [0.2, 0.25) is 0 Å². The van der Waals surface area contributed by atoms with Gasteiger partial charge in [0, 0.05) is 37.1 Å². The maximum Gasteiger partial charge on any atom is 0.0253 e. The minimum Gasteiger partial charge on any atom is -0.309 e. The topological polar surface area (TPSA) is 15.3 Å². The minimum atomic E-state index is 0.203. The van der Waals surface area contributed by atoms with Gasteiger partial charge in [-0.3, -0.25) is 4.90 Å². The number of rotatable bonds is 3. The highest BCUT2D eigenvalue weighted by molar-refractivity contribution is 4.98. The zero-order valence-electron chi connectivity index (χ0n) is 11.4. The second-order valence-corrected chi connectivity index (χ2v) is 6.01. The molecule has 1 aliphatic rings. The van der Waals surface area contributed by atoms with Gasteiger partial charge in [0.05, 0.1) is 0 Å². The second-order valence-electron chi connectivity index (χ2n) is 6.01. The van der Waals surface area contributed by atoms with Crippen molar-refractivity contribution in [3.63, 3.8) is 0 Å². The van der Waals surface area contributed by atoms with Crippen LogP contribution >= 0.6 is 0 Å². The smallest absolute Gasteiger partial charge is 0.0253 e. The molecule has 1 N–H and O–H groups in total. The van der Waals surface area contributed by atoms with Crippen LogP contribution in [0.15, 0.2) is 0 Å². The van der Waals surface area contributed by atoms with E-state index in [1.165, 1.54) is 0 Å². The Bertz CT molecular complexity index is 262. The lowest BCUT2D eigenvalue weighted by molar-refractivity contribution is 0.0393. The van der Waals surface area contributed by atoms with Crippen LogP contribution in [0.1, 0.15) is 41.0 Å². The summed E-state index contributed by atoms with van der Waals surface area (Å²) in [5.41, 5.74) is 0.203. The van der Waals surface area contributed by atoms with E-state index in [1.54, 1.807) is 0 Å². The van der Waals surface area contributed by atoms with E-state index in [9.17, 15) is 0 Å². The van der Waals surface area contributed by atoms with E-state index in [0.29, 0.717) is 18.0 Å². The molecule has 0 amide bonds. The van der Waals surface area contributed by atoms with Crippen molar-refractivity contribution >= 4 is 0 Å². The molecule has 92 valence electrons. The standard InChI is InChI=1S/C14H26N2/c1-7-8-12(4)16-10-14(5,6)15-9-13(16)11(2)3/h1,11-13,15H,8-10H2,2-6H3. The van der Waals surface area contributed by atoms with Crippen molar-refractivity contribution in [2.75, 3.05) is 13.1 Å². The average molecular weight is 222 g/mol. The molecule has 0 aromatic heterocycles. The Kier molecular flexibility index (Phi) is 4.41. The Hall–Kier alpha value is -0.520. The zero-order valence-corrected chi connectivity index (χ0v) is 11.4. The molecule has 1 rings (SSSR count). The number of hydrogen-bond acceptors (Lipinski definition) is 2. The van der Waals surface area contributed by atoms with Crippen molar-refractivity contribution in [1.82, 2.24) is 10.2 Å².